The standard InChI is InChI=1S/C7H13NOS/c1-3-4-10-6(2)5-7(8)9/h5H,3-4H2,1-2H3,(H2,8,9)/b6-5+. The molecule has 0 saturated carbocycles. The van der Waals surface area contributed by atoms with E-state index in [0.29, 0.717) is 0 Å². The summed E-state index contributed by atoms with van der Waals surface area (Å²) in [6.45, 7) is 4.00. The molecule has 0 aliphatic rings. The highest BCUT2D eigenvalue weighted by molar-refractivity contribution is 8.03. The SMILES string of the molecule is CCCS/C(C)=C/C(N)=O. The zero-order chi connectivity index (χ0) is 7.98. The van der Waals surface area contributed by atoms with E-state index in [0.717, 1.165) is 17.1 Å². The van der Waals surface area contributed by atoms with E-state index in [9.17, 15) is 4.79 Å². The van der Waals surface area contributed by atoms with Gasteiger partial charge in [-0.05, 0) is 24.0 Å². The van der Waals surface area contributed by atoms with Crippen LogP contribution >= 0.6 is 11.8 Å². The van der Waals surface area contributed by atoms with Crippen LogP contribution in [0.5, 0.6) is 0 Å². The second-order valence-corrected chi connectivity index (χ2v) is 3.35. The molecule has 0 heterocycles. The summed E-state index contributed by atoms with van der Waals surface area (Å²) in [5.74, 6) is 0.691. The maximum Gasteiger partial charge on any atom is 0.242 e. The number of rotatable bonds is 4. The molecule has 58 valence electrons. The Kier molecular flexibility index (Phi) is 5.12. The number of primary amides is 1. The Balaban J connectivity index is 3.60. The monoisotopic (exact) mass is 159 g/mol. The molecule has 1 amide bonds. The van der Waals surface area contributed by atoms with Gasteiger partial charge in [-0.1, -0.05) is 6.92 Å². The minimum atomic E-state index is -0.360. The van der Waals surface area contributed by atoms with Crippen LogP contribution in [0.2, 0.25) is 0 Å². The lowest BCUT2D eigenvalue weighted by molar-refractivity contribution is -0.113. The average molecular weight is 159 g/mol. The maximum absolute atomic E-state index is 10.3. The minimum absolute atomic E-state index is 0.360. The van der Waals surface area contributed by atoms with Crippen molar-refractivity contribution in [2.45, 2.75) is 20.3 Å². The fraction of sp³-hybridized carbons (Fsp3) is 0.571. The molecule has 0 radical (unpaired) electrons. The van der Waals surface area contributed by atoms with Crippen molar-refractivity contribution in [3.8, 4) is 0 Å². The van der Waals surface area contributed by atoms with Crippen LogP contribution in [0.3, 0.4) is 0 Å². The summed E-state index contributed by atoms with van der Waals surface area (Å²) in [5.41, 5.74) is 4.94. The molecular weight excluding hydrogens is 146 g/mol. The molecule has 0 atom stereocenters. The van der Waals surface area contributed by atoms with Gasteiger partial charge in [0, 0.05) is 6.08 Å². The molecule has 0 unspecified atom stereocenters. The fourth-order valence-electron chi connectivity index (χ4n) is 0.505. The van der Waals surface area contributed by atoms with E-state index in [1.807, 2.05) is 6.92 Å². The number of allylic oxidation sites excluding steroid dienone is 1. The Hall–Kier alpha value is -0.440. The fourth-order valence-corrected chi connectivity index (χ4v) is 1.23. The molecule has 3 heteroatoms. The summed E-state index contributed by atoms with van der Waals surface area (Å²) in [6.07, 6.45) is 2.58. The van der Waals surface area contributed by atoms with E-state index < -0.39 is 0 Å². The molecule has 0 bridgehead atoms. The van der Waals surface area contributed by atoms with Crippen molar-refractivity contribution in [1.82, 2.24) is 0 Å². The van der Waals surface area contributed by atoms with Crippen molar-refractivity contribution in [2.24, 2.45) is 5.73 Å². The zero-order valence-corrected chi connectivity index (χ0v) is 7.20. The van der Waals surface area contributed by atoms with Gasteiger partial charge in [0.15, 0.2) is 0 Å². The Morgan fingerprint density at radius 2 is 2.30 bits per heavy atom. The van der Waals surface area contributed by atoms with Crippen LogP contribution in [0.25, 0.3) is 0 Å². The number of carbonyl (C=O) groups excluding carboxylic acids is 1. The van der Waals surface area contributed by atoms with Gasteiger partial charge < -0.3 is 5.73 Å². The first-order valence-corrected chi connectivity index (χ1v) is 4.26. The highest BCUT2D eigenvalue weighted by Crippen LogP contribution is 2.14. The van der Waals surface area contributed by atoms with E-state index in [-0.39, 0.29) is 5.91 Å². The molecular formula is C7H13NOS. The molecule has 10 heavy (non-hydrogen) atoms. The third-order valence-electron chi connectivity index (χ3n) is 0.879. The zero-order valence-electron chi connectivity index (χ0n) is 6.39. The normalized spacial score (nSPS) is 11.6. The Bertz CT molecular complexity index is 143. The van der Waals surface area contributed by atoms with Gasteiger partial charge in [0.2, 0.25) is 5.91 Å². The Labute approximate surface area is 65.9 Å². The Morgan fingerprint density at radius 1 is 1.70 bits per heavy atom. The first-order valence-electron chi connectivity index (χ1n) is 3.27. The number of carbonyl (C=O) groups is 1. The highest BCUT2D eigenvalue weighted by Gasteiger charge is 1.91. The van der Waals surface area contributed by atoms with Crippen molar-refractivity contribution in [3.63, 3.8) is 0 Å². The molecule has 0 aromatic heterocycles. The third kappa shape index (κ3) is 5.69. The van der Waals surface area contributed by atoms with Crippen molar-refractivity contribution in [3.05, 3.63) is 11.0 Å². The van der Waals surface area contributed by atoms with Crippen molar-refractivity contribution in [2.75, 3.05) is 5.75 Å². The van der Waals surface area contributed by atoms with Crippen LogP contribution in [-0.4, -0.2) is 11.7 Å². The highest BCUT2D eigenvalue weighted by atomic mass is 32.2. The predicted molar refractivity (Wildman–Crippen MR) is 45.7 cm³/mol. The van der Waals surface area contributed by atoms with Gasteiger partial charge in [-0.3, -0.25) is 4.79 Å². The largest absolute Gasteiger partial charge is 0.366 e. The molecule has 0 aromatic rings. The number of nitrogens with two attached hydrogens (primary N) is 1. The van der Waals surface area contributed by atoms with Gasteiger partial charge in [0.1, 0.15) is 0 Å². The number of amides is 1. The summed E-state index contributed by atoms with van der Waals surface area (Å²) in [4.78, 5) is 11.3. The lowest BCUT2D eigenvalue weighted by Gasteiger charge is -1.95. The van der Waals surface area contributed by atoms with Crippen molar-refractivity contribution < 1.29 is 4.79 Å². The van der Waals surface area contributed by atoms with Gasteiger partial charge in [0.05, 0.1) is 0 Å². The minimum Gasteiger partial charge on any atom is -0.366 e. The van der Waals surface area contributed by atoms with E-state index in [4.69, 9.17) is 5.73 Å². The average Bonchev–Trinajstić information content (AvgIpc) is 1.82. The molecule has 0 fully saturated rings. The summed E-state index contributed by atoms with van der Waals surface area (Å²) < 4.78 is 0. The molecule has 2 nitrogen and oxygen atoms in total. The van der Waals surface area contributed by atoms with Crippen LogP contribution in [0.15, 0.2) is 11.0 Å². The van der Waals surface area contributed by atoms with Gasteiger partial charge in [-0.2, -0.15) is 0 Å². The lowest BCUT2D eigenvalue weighted by Crippen LogP contribution is -2.06. The molecule has 0 spiro atoms. The number of thioether (sulfide) groups is 1. The molecule has 2 N–H and O–H groups in total. The van der Waals surface area contributed by atoms with Crippen molar-refractivity contribution in [1.29, 1.82) is 0 Å². The van der Waals surface area contributed by atoms with E-state index in [1.165, 1.54) is 6.08 Å². The van der Waals surface area contributed by atoms with Crippen LogP contribution in [0, 0.1) is 0 Å². The van der Waals surface area contributed by atoms with E-state index >= 15 is 0 Å². The third-order valence-corrected chi connectivity index (χ3v) is 2.06. The summed E-state index contributed by atoms with van der Waals surface area (Å²) in [7, 11) is 0. The Morgan fingerprint density at radius 3 is 2.70 bits per heavy atom. The quantitative estimate of drug-likeness (QED) is 0.632. The number of hydrogen-bond donors (Lipinski definition) is 1. The smallest absolute Gasteiger partial charge is 0.242 e. The van der Waals surface area contributed by atoms with Gasteiger partial charge in [-0.25, -0.2) is 0 Å². The van der Waals surface area contributed by atoms with Crippen LogP contribution in [0.4, 0.5) is 0 Å². The van der Waals surface area contributed by atoms with Crippen LogP contribution in [0.1, 0.15) is 20.3 Å². The van der Waals surface area contributed by atoms with E-state index in [1.54, 1.807) is 11.8 Å². The molecule has 0 aliphatic carbocycles. The van der Waals surface area contributed by atoms with Gasteiger partial charge in [0.25, 0.3) is 0 Å². The summed E-state index contributed by atoms with van der Waals surface area (Å²) in [6, 6.07) is 0. The summed E-state index contributed by atoms with van der Waals surface area (Å²) in [5, 5.41) is 0. The first kappa shape index (κ1) is 9.56. The molecule has 0 saturated heterocycles. The molecule has 0 aromatic carbocycles. The number of hydrogen-bond acceptors (Lipinski definition) is 2. The van der Waals surface area contributed by atoms with Crippen molar-refractivity contribution >= 4 is 17.7 Å². The lowest BCUT2D eigenvalue weighted by atomic mass is 10.5. The topological polar surface area (TPSA) is 43.1 Å². The predicted octanol–water partition coefficient (Wildman–Crippen LogP) is 1.52. The summed E-state index contributed by atoms with van der Waals surface area (Å²) >= 11 is 1.66. The second kappa shape index (κ2) is 5.35. The molecule has 0 aliphatic heterocycles. The maximum atomic E-state index is 10.3. The molecule has 0 rings (SSSR count). The van der Waals surface area contributed by atoms with Crippen LogP contribution < -0.4 is 5.73 Å². The first-order chi connectivity index (χ1) is 4.66. The second-order valence-electron chi connectivity index (χ2n) is 2.01. The van der Waals surface area contributed by atoms with Gasteiger partial charge >= 0.3 is 0 Å². The van der Waals surface area contributed by atoms with Crippen LogP contribution in [-0.2, 0) is 4.79 Å². The van der Waals surface area contributed by atoms with Gasteiger partial charge in [-0.15, -0.1) is 11.8 Å². The van der Waals surface area contributed by atoms with E-state index in [2.05, 4.69) is 6.92 Å².